The number of aryl methyl sites for hydroxylation is 1. The van der Waals surface area contributed by atoms with Crippen LogP contribution in [0.3, 0.4) is 0 Å². The first-order valence-corrected chi connectivity index (χ1v) is 8.13. The molecule has 0 amide bonds. The van der Waals surface area contributed by atoms with E-state index < -0.39 is 17.3 Å². The monoisotopic (exact) mass is 339 g/mol. The Balaban J connectivity index is 1.88. The van der Waals surface area contributed by atoms with E-state index in [4.69, 9.17) is 0 Å². The lowest BCUT2D eigenvalue weighted by atomic mass is 10.0. The van der Waals surface area contributed by atoms with Gasteiger partial charge in [0.2, 0.25) is 0 Å². The fourth-order valence-electron chi connectivity index (χ4n) is 3.37. The number of benzene rings is 1. The first kappa shape index (κ1) is 17.0. The Morgan fingerprint density at radius 1 is 1.29 bits per heavy atom. The molecule has 0 spiro atoms. The minimum Gasteiger partial charge on any atom is -0.303 e. The van der Waals surface area contributed by atoms with Gasteiger partial charge in [0, 0.05) is 12.6 Å². The van der Waals surface area contributed by atoms with Crippen molar-refractivity contribution in [3.63, 3.8) is 0 Å². The maximum atomic E-state index is 13.0. The zero-order valence-corrected chi connectivity index (χ0v) is 13.5. The highest BCUT2D eigenvalue weighted by Gasteiger charge is 2.33. The highest BCUT2D eigenvalue weighted by molar-refractivity contribution is 5.81. The van der Waals surface area contributed by atoms with Crippen molar-refractivity contribution in [3.8, 4) is 0 Å². The van der Waals surface area contributed by atoms with Crippen molar-refractivity contribution in [2.45, 2.75) is 44.4 Å². The molecule has 0 aliphatic carbocycles. The Hall–Kier alpha value is -1.89. The number of alkyl halides is 3. The molecule has 4 nitrogen and oxygen atoms in total. The summed E-state index contributed by atoms with van der Waals surface area (Å²) < 4.78 is 40.5. The van der Waals surface area contributed by atoms with Crippen molar-refractivity contribution in [2.75, 3.05) is 13.6 Å². The Labute approximate surface area is 137 Å². The molecule has 0 bridgehead atoms. The lowest BCUT2D eigenvalue weighted by Crippen LogP contribution is -2.37. The van der Waals surface area contributed by atoms with Crippen molar-refractivity contribution in [1.29, 1.82) is 0 Å². The Morgan fingerprint density at radius 2 is 2.08 bits per heavy atom. The van der Waals surface area contributed by atoms with Crippen LogP contribution in [0.25, 0.3) is 10.9 Å². The van der Waals surface area contributed by atoms with Gasteiger partial charge in [0.15, 0.2) is 0 Å². The van der Waals surface area contributed by atoms with Crippen LogP contribution in [0.5, 0.6) is 0 Å². The molecule has 0 unspecified atom stereocenters. The predicted octanol–water partition coefficient (Wildman–Crippen LogP) is 3.29. The van der Waals surface area contributed by atoms with Crippen LogP contribution in [-0.2, 0) is 12.7 Å². The first-order chi connectivity index (χ1) is 11.4. The molecule has 7 heteroatoms. The topological polar surface area (TPSA) is 38.1 Å². The summed E-state index contributed by atoms with van der Waals surface area (Å²) in [5, 5.41) is 0.0179. The molecule has 0 N–H and O–H groups in total. The van der Waals surface area contributed by atoms with E-state index in [-0.39, 0.29) is 10.9 Å². The molecule has 3 rings (SSSR count). The lowest BCUT2D eigenvalue weighted by molar-refractivity contribution is -0.136. The van der Waals surface area contributed by atoms with Gasteiger partial charge in [-0.05, 0) is 45.0 Å². The second kappa shape index (κ2) is 6.55. The summed E-state index contributed by atoms with van der Waals surface area (Å²) in [5.41, 5.74) is -1.55. The molecule has 130 valence electrons. The molecule has 1 aromatic heterocycles. The zero-order valence-electron chi connectivity index (χ0n) is 13.5. The van der Waals surface area contributed by atoms with E-state index in [1.165, 1.54) is 35.9 Å². The number of para-hydroxylation sites is 1. The summed E-state index contributed by atoms with van der Waals surface area (Å²) in [6.07, 6.45) is 0.964. The van der Waals surface area contributed by atoms with Crippen LogP contribution < -0.4 is 5.56 Å². The molecule has 0 radical (unpaired) electrons. The van der Waals surface area contributed by atoms with Crippen LogP contribution in [0.4, 0.5) is 13.2 Å². The molecule has 1 aliphatic rings. The molecule has 2 heterocycles. The molecular formula is C17H20F3N3O. The number of nitrogens with zero attached hydrogens (tertiary/aromatic N) is 3. The predicted molar refractivity (Wildman–Crippen MR) is 85.9 cm³/mol. The number of likely N-dealkylation sites (tertiary alicyclic amines) is 1. The van der Waals surface area contributed by atoms with E-state index in [9.17, 15) is 18.0 Å². The lowest BCUT2D eigenvalue weighted by Gasteiger charge is -2.32. The van der Waals surface area contributed by atoms with Crippen LogP contribution in [0, 0.1) is 0 Å². The standard InChI is InChI=1S/C17H20F3N3O/c1-22-9-3-2-5-12(22)8-10-23-11-21-15-13(16(23)24)6-4-7-14(15)17(18,19)20/h4,6-7,11-12H,2-3,5,8-10H2,1H3/t12-/m1/s1. The number of halogens is 3. The first-order valence-electron chi connectivity index (χ1n) is 8.13. The molecule has 1 aromatic carbocycles. The third-order valence-corrected chi connectivity index (χ3v) is 4.78. The van der Waals surface area contributed by atoms with Gasteiger partial charge >= 0.3 is 6.18 Å². The van der Waals surface area contributed by atoms with Crippen LogP contribution >= 0.6 is 0 Å². The minimum atomic E-state index is -4.52. The fraction of sp³-hybridized carbons (Fsp3) is 0.529. The van der Waals surface area contributed by atoms with Crippen molar-refractivity contribution >= 4 is 10.9 Å². The zero-order chi connectivity index (χ0) is 17.3. The number of aromatic nitrogens is 2. The maximum absolute atomic E-state index is 13.0. The second-order valence-corrected chi connectivity index (χ2v) is 6.36. The maximum Gasteiger partial charge on any atom is 0.418 e. The van der Waals surface area contributed by atoms with Crippen LogP contribution in [-0.4, -0.2) is 34.1 Å². The van der Waals surface area contributed by atoms with Gasteiger partial charge in [0.25, 0.3) is 5.56 Å². The highest BCUT2D eigenvalue weighted by atomic mass is 19.4. The van der Waals surface area contributed by atoms with Crippen molar-refractivity contribution in [3.05, 3.63) is 40.4 Å². The number of hydrogen-bond donors (Lipinski definition) is 0. The molecule has 1 atom stereocenters. The second-order valence-electron chi connectivity index (χ2n) is 6.36. The van der Waals surface area contributed by atoms with E-state index >= 15 is 0 Å². The molecule has 1 aliphatic heterocycles. The van der Waals surface area contributed by atoms with Gasteiger partial charge in [-0.25, -0.2) is 4.98 Å². The Kier molecular flexibility index (Phi) is 4.62. The van der Waals surface area contributed by atoms with E-state index in [1.54, 1.807) is 0 Å². The van der Waals surface area contributed by atoms with Crippen LogP contribution in [0.15, 0.2) is 29.3 Å². The van der Waals surface area contributed by atoms with E-state index in [2.05, 4.69) is 16.9 Å². The molecule has 24 heavy (non-hydrogen) atoms. The Morgan fingerprint density at radius 3 is 2.79 bits per heavy atom. The summed E-state index contributed by atoms with van der Waals surface area (Å²) >= 11 is 0. The largest absolute Gasteiger partial charge is 0.418 e. The average Bonchev–Trinajstić information content (AvgIpc) is 2.54. The third-order valence-electron chi connectivity index (χ3n) is 4.78. The van der Waals surface area contributed by atoms with Gasteiger partial charge in [-0.1, -0.05) is 12.5 Å². The van der Waals surface area contributed by atoms with E-state index in [1.807, 2.05) is 0 Å². The van der Waals surface area contributed by atoms with Crippen LogP contribution in [0.1, 0.15) is 31.2 Å². The Bertz CT molecular complexity index is 785. The van der Waals surface area contributed by atoms with Gasteiger partial charge in [0.1, 0.15) is 0 Å². The summed E-state index contributed by atoms with van der Waals surface area (Å²) in [7, 11) is 2.07. The quantitative estimate of drug-likeness (QED) is 0.861. The summed E-state index contributed by atoms with van der Waals surface area (Å²) in [6.45, 7) is 1.51. The highest BCUT2D eigenvalue weighted by Crippen LogP contribution is 2.32. The van der Waals surface area contributed by atoms with E-state index in [0.29, 0.717) is 12.6 Å². The van der Waals surface area contributed by atoms with Gasteiger partial charge in [-0.3, -0.25) is 9.36 Å². The molecule has 2 aromatic rings. The summed E-state index contributed by atoms with van der Waals surface area (Å²) in [5.74, 6) is 0. The number of rotatable bonds is 3. The van der Waals surface area contributed by atoms with Crippen molar-refractivity contribution in [2.24, 2.45) is 0 Å². The van der Waals surface area contributed by atoms with Gasteiger partial charge in [0.05, 0.1) is 22.8 Å². The number of fused-ring (bicyclic) bond motifs is 1. The summed E-state index contributed by atoms with van der Waals surface area (Å²) in [4.78, 5) is 18.7. The average molecular weight is 339 g/mol. The smallest absolute Gasteiger partial charge is 0.303 e. The molecule has 0 saturated carbocycles. The normalized spacial score (nSPS) is 19.8. The SMILES string of the molecule is CN1CCCC[C@@H]1CCn1cnc2c(C(F)(F)F)cccc2c1=O. The molecular weight excluding hydrogens is 319 g/mol. The van der Waals surface area contributed by atoms with Gasteiger partial charge in [-0.2, -0.15) is 13.2 Å². The number of piperidine rings is 1. The van der Waals surface area contributed by atoms with Gasteiger partial charge < -0.3 is 4.90 Å². The van der Waals surface area contributed by atoms with Crippen molar-refractivity contribution in [1.82, 2.24) is 14.5 Å². The number of hydrogen-bond acceptors (Lipinski definition) is 3. The van der Waals surface area contributed by atoms with Crippen LogP contribution in [0.2, 0.25) is 0 Å². The third kappa shape index (κ3) is 3.31. The molecule has 1 saturated heterocycles. The van der Waals surface area contributed by atoms with E-state index in [0.717, 1.165) is 25.5 Å². The summed E-state index contributed by atoms with van der Waals surface area (Å²) in [6, 6.07) is 4.02. The minimum absolute atomic E-state index is 0.0179. The van der Waals surface area contributed by atoms with Crippen molar-refractivity contribution < 1.29 is 13.2 Å². The van der Waals surface area contributed by atoms with Gasteiger partial charge in [-0.15, -0.1) is 0 Å². The fourth-order valence-corrected chi connectivity index (χ4v) is 3.37. The molecule has 1 fully saturated rings.